The van der Waals surface area contributed by atoms with Gasteiger partial charge in [0.25, 0.3) is 0 Å². The summed E-state index contributed by atoms with van der Waals surface area (Å²) in [5.41, 5.74) is 2.49. The van der Waals surface area contributed by atoms with E-state index in [-0.39, 0.29) is 6.23 Å². The van der Waals surface area contributed by atoms with Gasteiger partial charge in [-0.2, -0.15) is 0 Å². The van der Waals surface area contributed by atoms with Crippen LogP contribution in [0.5, 0.6) is 0 Å². The SMILES string of the molecule is CSc1nc(Nc2ccccc2Br)c2ncn(C3CCCO3)c2n1. The van der Waals surface area contributed by atoms with Crippen molar-refractivity contribution < 1.29 is 4.74 Å². The number of rotatable bonds is 4. The van der Waals surface area contributed by atoms with Crippen LogP contribution in [0.15, 0.2) is 40.2 Å². The molecule has 1 atom stereocenters. The number of fused-ring (bicyclic) bond motifs is 1. The molecular formula is C16H16BrN5OS. The van der Waals surface area contributed by atoms with Crippen molar-refractivity contribution in [1.29, 1.82) is 0 Å². The number of aromatic nitrogens is 4. The van der Waals surface area contributed by atoms with Gasteiger partial charge < -0.3 is 10.1 Å². The zero-order chi connectivity index (χ0) is 16.5. The van der Waals surface area contributed by atoms with Gasteiger partial charge in [0.05, 0.1) is 12.0 Å². The summed E-state index contributed by atoms with van der Waals surface area (Å²) in [6.07, 6.45) is 5.82. The molecule has 3 heterocycles. The minimum absolute atomic E-state index is 0.0101. The van der Waals surface area contributed by atoms with Crippen LogP contribution in [0, 0.1) is 0 Å². The zero-order valence-electron chi connectivity index (χ0n) is 13.1. The number of benzene rings is 1. The van der Waals surface area contributed by atoms with E-state index in [1.807, 2.05) is 35.1 Å². The second kappa shape index (κ2) is 6.70. The maximum absolute atomic E-state index is 5.78. The molecule has 124 valence electrons. The van der Waals surface area contributed by atoms with Gasteiger partial charge in [0.1, 0.15) is 6.23 Å². The van der Waals surface area contributed by atoms with Crippen LogP contribution >= 0.6 is 27.7 Å². The Hall–Kier alpha value is -1.64. The number of imidazole rings is 1. The first-order valence-corrected chi connectivity index (χ1v) is 9.70. The molecule has 0 aliphatic carbocycles. The minimum Gasteiger partial charge on any atom is -0.358 e. The number of halogens is 1. The summed E-state index contributed by atoms with van der Waals surface area (Å²) in [7, 11) is 0. The highest BCUT2D eigenvalue weighted by Crippen LogP contribution is 2.32. The van der Waals surface area contributed by atoms with Gasteiger partial charge >= 0.3 is 0 Å². The van der Waals surface area contributed by atoms with E-state index in [1.165, 1.54) is 11.8 Å². The van der Waals surface area contributed by atoms with E-state index >= 15 is 0 Å². The summed E-state index contributed by atoms with van der Waals surface area (Å²) in [6, 6.07) is 7.94. The summed E-state index contributed by atoms with van der Waals surface area (Å²) in [5, 5.41) is 4.07. The summed E-state index contributed by atoms with van der Waals surface area (Å²) in [6.45, 7) is 0.785. The fourth-order valence-corrected chi connectivity index (χ4v) is 3.50. The van der Waals surface area contributed by atoms with Gasteiger partial charge in [0, 0.05) is 11.1 Å². The van der Waals surface area contributed by atoms with Crippen molar-refractivity contribution in [3.63, 3.8) is 0 Å². The fraction of sp³-hybridized carbons (Fsp3) is 0.312. The molecule has 1 aliphatic rings. The fourth-order valence-electron chi connectivity index (χ4n) is 2.76. The first-order chi connectivity index (χ1) is 11.8. The zero-order valence-corrected chi connectivity index (χ0v) is 15.5. The molecular weight excluding hydrogens is 390 g/mol. The predicted molar refractivity (Wildman–Crippen MR) is 98.8 cm³/mol. The van der Waals surface area contributed by atoms with E-state index in [0.717, 1.165) is 40.8 Å². The Balaban J connectivity index is 1.81. The number of nitrogens with one attached hydrogen (secondary N) is 1. The molecule has 6 nitrogen and oxygen atoms in total. The average molecular weight is 406 g/mol. The largest absolute Gasteiger partial charge is 0.358 e. The van der Waals surface area contributed by atoms with Gasteiger partial charge in [-0.3, -0.25) is 4.57 Å². The van der Waals surface area contributed by atoms with E-state index < -0.39 is 0 Å². The maximum Gasteiger partial charge on any atom is 0.191 e. The summed E-state index contributed by atoms with van der Waals surface area (Å²) >= 11 is 5.07. The van der Waals surface area contributed by atoms with Gasteiger partial charge in [0.15, 0.2) is 22.1 Å². The van der Waals surface area contributed by atoms with Crippen LogP contribution in [0.1, 0.15) is 19.1 Å². The second-order valence-electron chi connectivity index (χ2n) is 5.46. The second-order valence-corrected chi connectivity index (χ2v) is 7.08. The van der Waals surface area contributed by atoms with E-state index in [0.29, 0.717) is 11.0 Å². The minimum atomic E-state index is 0.0101. The molecule has 1 unspecified atom stereocenters. The quantitative estimate of drug-likeness (QED) is 0.513. The molecule has 0 spiro atoms. The van der Waals surface area contributed by atoms with Crippen molar-refractivity contribution in [3.8, 4) is 0 Å². The number of hydrogen-bond donors (Lipinski definition) is 1. The third kappa shape index (κ3) is 2.89. The van der Waals surface area contributed by atoms with Crippen molar-refractivity contribution in [1.82, 2.24) is 19.5 Å². The smallest absolute Gasteiger partial charge is 0.191 e. The molecule has 4 rings (SSSR count). The lowest BCUT2D eigenvalue weighted by molar-refractivity contribution is 0.0592. The standard InChI is InChI=1S/C16H16BrN5OS/c1-24-16-20-14(19-11-6-3-2-5-10(11)17)13-15(21-16)22(9-18-13)12-7-4-8-23-12/h2-3,5-6,9,12H,4,7-8H2,1H3,(H,19,20,21). The topological polar surface area (TPSA) is 64.9 Å². The van der Waals surface area contributed by atoms with Crippen LogP contribution in [-0.2, 0) is 4.74 Å². The Morgan fingerprint density at radius 2 is 2.21 bits per heavy atom. The summed E-state index contributed by atoms with van der Waals surface area (Å²) in [5.74, 6) is 0.702. The summed E-state index contributed by atoms with van der Waals surface area (Å²) < 4.78 is 8.77. The normalized spacial score (nSPS) is 17.5. The molecule has 1 fully saturated rings. The molecule has 0 amide bonds. The first kappa shape index (κ1) is 15.9. The van der Waals surface area contributed by atoms with Crippen molar-refractivity contribution in [2.75, 3.05) is 18.2 Å². The Labute approximate surface area is 152 Å². The van der Waals surface area contributed by atoms with Crippen LogP contribution in [0.4, 0.5) is 11.5 Å². The lowest BCUT2D eigenvalue weighted by Gasteiger charge is -2.13. The van der Waals surface area contributed by atoms with Crippen molar-refractivity contribution >= 4 is 50.4 Å². The van der Waals surface area contributed by atoms with Crippen LogP contribution in [-0.4, -0.2) is 32.4 Å². The Bertz CT molecular complexity index is 878. The third-order valence-electron chi connectivity index (χ3n) is 3.93. The first-order valence-electron chi connectivity index (χ1n) is 7.68. The van der Waals surface area contributed by atoms with Crippen LogP contribution in [0.25, 0.3) is 11.2 Å². The number of hydrogen-bond acceptors (Lipinski definition) is 6. The molecule has 0 saturated carbocycles. The average Bonchev–Trinajstić information content (AvgIpc) is 3.25. The summed E-state index contributed by atoms with van der Waals surface area (Å²) in [4.78, 5) is 13.8. The van der Waals surface area contributed by atoms with Gasteiger partial charge in [-0.1, -0.05) is 23.9 Å². The van der Waals surface area contributed by atoms with Crippen LogP contribution < -0.4 is 5.32 Å². The van der Waals surface area contributed by atoms with Gasteiger partial charge in [-0.05, 0) is 47.2 Å². The molecule has 0 radical (unpaired) electrons. The van der Waals surface area contributed by atoms with Crippen molar-refractivity contribution in [2.45, 2.75) is 24.2 Å². The van der Waals surface area contributed by atoms with Crippen molar-refractivity contribution in [3.05, 3.63) is 35.1 Å². The number of thioether (sulfide) groups is 1. The lowest BCUT2D eigenvalue weighted by Crippen LogP contribution is -2.07. The van der Waals surface area contributed by atoms with E-state index in [2.05, 4.69) is 36.2 Å². The molecule has 0 bridgehead atoms. The van der Waals surface area contributed by atoms with Crippen LogP contribution in [0.2, 0.25) is 0 Å². The molecule has 2 aromatic heterocycles. The highest BCUT2D eigenvalue weighted by Gasteiger charge is 2.22. The van der Waals surface area contributed by atoms with E-state index in [1.54, 1.807) is 6.33 Å². The monoisotopic (exact) mass is 405 g/mol. The molecule has 1 N–H and O–H groups in total. The molecule has 24 heavy (non-hydrogen) atoms. The highest BCUT2D eigenvalue weighted by atomic mass is 79.9. The molecule has 3 aromatic rings. The molecule has 1 aromatic carbocycles. The Kier molecular flexibility index (Phi) is 4.43. The van der Waals surface area contributed by atoms with Crippen molar-refractivity contribution in [2.24, 2.45) is 0 Å². The molecule has 1 saturated heterocycles. The van der Waals surface area contributed by atoms with Gasteiger partial charge in [-0.15, -0.1) is 0 Å². The maximum atomic E-state index is 5.78. The number of anilines is 2. The molecule has 8 heteroatoms. The third-order valence-corrected chi connectivity index (χ3v) is 5.17. The number of nitrogens with zero attached hydrogens (tertiary/aromatic N) is 4. The van der Waals surface area contributed by atoms with E-state index in [4.69, 9.17) is 4.74 Å². The van der Waals surface area contributed by atoms with E-state index in [9.17, 15) is 0 Å². The van der Waals surface area contributed by atoms with Gasteiger partial charge in [-0.25, -0.2) is 15.0 Å². The molecule has 1 aliphatic heterocycles. The Morgan fingerprint density at radius 3 is 2.96 bits per heavy atom. The number of para-hydroxylation sites is 1. The Morgan fingerprint density at radius 1 is 1.33 bits per heavy atom. The highest BCUT2D eigenvalue weighted by molar-refractivity contribution is 9.10. The number of ether oxygens (including phenoxy) is 1. The predicted octanol–water partition coefficient (Wildman–Crippen LogP) is 4.36. The lowest BCUT2D eigenvalue weighted by atomic mass is 10.3. The van der Waals surface area contributed by atoms with Crippen LogP contribution in [0.3, 0.4) is 0 Å². The van der Waals surface area contributed by atoms with Gasteiger partial charge in [0.2, 0.25) is 0 Å².